The van der Waals surface area contributed by atoms with Crippen LogP contribution in [-0.2, 0) is 0 Å². The third-order valence-electron chi connectivity index (χ3n) is 1.78. The number of nitrogens with one attached hydrogen (secondary N) is 1. The molecule has 72 valence electrons. The van der Waals surface area contributed by atoms with E-state index in [1.807, 2.05) is 19.9 Å². The Balaban J connectivity index is 2.81. The van der Waals surface area contributed by atoms with E-state index in [4.69, 9.17) is 16.0 Å². The molecule has 1 aromatic rings. The van der Waals surface area contributed by atoms with Gasteiger partial charge >= 0.3 is 0 Å². The molecule has 0 saturated heterocycles. The SMILES string of the molecule is C=C(C)C(NCC)c1ccc(Cl)o1. The number of likely N-dealkylation sites (N-methyl/N-ethyl adjacent to an activating group) is 1. The number of halogens is 1. The molecule has 0 aromatic carbocycles. The van der Waals surface area contributed by atoms with E-state index in [0.717, 1.165) is 17.9 Å². The molecule has 0 radical (unpaired) electrons. The second-order valence-electron chi connectivity index (χ2n) is 2.98. The van der Waals surface area contributed by atoms with Crippen LogP contribution in [-0.4, -0.2) is 6.54 Å². The molecule has 1 heterocycles. The molecule has 1 N–H and O–H groups in total. The Morgan fingerprint density at radius 1 is 1.69 bits per heavy atom. The zero-order valence-corrected chi connectivity index (χ0v) is 8.69. The standard InChI is InChI=1S/C10H14ClNO/c1-4-12-10(7(2)3)8-5-6-9(11)13-8/h5-6,10,12H,2,4H2,1,3H3. The smallest absolute Gasteiger partial charge is 0.193 e. The summed E-state index contributed by atoms with van der Waals surface area (Å²) < 4.78 is 5.30. The van der Waals surface area contributed by atoms with Gasteiger partial charge in [0.25, 0.3) is 0 Å². The molecule has 1 rings (SSSR count). The molecule has 1 atom stereocenters. The Labute approximate surface area is 83.6 Å². The summed E-state index contributed by atoms with van der Waals surface area (Å²) in [5, 5.41) is 3.68. The Morgan fingerprint density at radius 3 is 2.77 bits per heavy atom. The summed E-state index contributed by atoms with van der Waals surface area (Å²) in [6.07, 6.45) is 0. The molecule has 0 saturated carbocycles. The summed E-state index contributed by atoms with van der Waals surface area (Å²) in [6, 6.07) is 3.67. The van der Waals surface area contributed by atoms with Crippen LogP contribution in [0.15, 0.2) is 28.7 Å². The molecule has 0 spiro atoms. The van der Waals surface area contributed by atoms with E-state index in [1.54, 1.807) is 6.07 Å². The molecule has 13 heavy (non-hydrogen) atoms. The summed E-state index contributed by atoms with van der Waals surface area (Å²) in [5.74, 6) is 0.819. The van der Waals surface area contributed by atoms with Crippen molar-refractivity contribution in [3.05, 3.63) is 35.3 Å². The van der Waals surface area contributed by atoms with Crippen LogP contribution in [0.1, 0.15) is 25.6 Å². The fraction of sp³-hybridized carbons (Fsp3) is 0.400. The molecule has 0 bridgehead atoms. The lowest BCUT2D eigenvalue weighted by molar-refractivity contribution is 0.450. The molecule has 1 aromatic heterocycles. The highest BCUT2D eigenvalue weighted by Gasteiger charge is 2.14. The Morgan fingerprint density at radius 2 is 2.38 bits per heavy atom. The summed E-state index contributed by atoms with van der Waals surface area (Å²) in [7, 11) is 0. The van der Waals surface area contributed by atoms with E-state index >= 15 is 0 Å². The van der Waals surface area contributed by atoms with Crippen LogP contribution in [0, 0.1) is 0 Å². The fourth-order valence-electron chi connectivity index (χ4n) is 1.21. The van der Waals surface area contributed by atoms with E-state index in [9.17, 15) is 0 Å². The molecular weight excluding hydrogens is 186 g/mol. The number of furan rings is 1. The van der Waals surface area contributed by atoms with Crippen molar-refractivity contribution < 1.29 is 4.42 Å². The van der Waals surface area contributed by atoms with Crippen molar-refractivity contribution in [3.8, 4) is 0 Å². The van der Waals surface area contributed by atoms with Crippen LogP contribution in [0.4, 0.5) is 0 Å². The largest absolute Gasteiger partial charge is 0.448 e. The minimum atomic E-state index is 0.0671. The van der Waals surface area contributed by atoms with Crippen LogP contribution >= 0.6 is 11.6 Å². The predicted molar refractivity (Wildman–Crippen MR) is 54.9 cm³/mol. The number of hydrogen-bond acceptors (Lipinski definition) is 2. The normalized spacial score (nSPS) is 12.8. The van der Waals surface area contributed by atoms with Crippen LogP contribution < -0.4 is 5.32 Å². The molecule has 0 aliphatic heterocycles. The quantitative estimate of drug-likeness (QED) is 0.754. The van der Waals surface area contributed by atoms with Crippen LogP contribution in [0.2, 0.25) is 5.22 Å². The first-order valence-electron chi connectivity index (χ1n) is 4.29. The number of rotatable bonds is 4. The average molecular weight is 200 g/mol. The average Bonchev–Trinajstić information content (AvgIpc) is 2.46. The van der Waals surface area contributed by atoms with Crippen molar-refractivity contribution in [2.24, 2.45) is 0 Å². The van der Waals surface area contributed by atoms with Gasteiger partial charge in [-0.25, -0.2) is 0 Å². The maximum absolute atomic E-state index is 5.69. The molecule has 0 amide bonds. The van der Waals surface area contributed by atoms with Gasteiger partial charge in [0.15, 0.2) is 5.22 Å². The zero-order chi connectivity index (χ0) is 9.84. The highest BCUT2D eigenvalue weighted by atomic mass is 35.5. The van der Waals surface area contributed by atoms with Gasteiger partial charge in [-0.3, -0.25) is 0 Å². The lowest BCUT2D eigenvalue weighted by Crippen LogP contribution is -2.20. The molecule has 2 nitrogen and oxygen atoms in total. The maximum Gasteiger partial charge on any atom is 0.193 e. The highest BCUT2D eigenvalue weighted by molar-refractivity contribution is 6.28. The van der Waals surface area contributed by atoms with Crippen molar-refractivity contribution in [2.45, 2.75) is 19.9 Å². The van der Waals surface area contributed by atoms with Gasteiger partial charge < -0.3 is 9.73 Å². The third kappa shape index (κ3) is 2.61. The molecule has 0 aliphatic carbocycles. The van der Waals surface area contributed by atoms with Gasteiger partial charge in [-0.1, -0.05) is 19.1 Å². The maximum atomic E-state index is 5.69. The van der Waals surface area contributed by atoms with Crippen LogP contribution in [0.3, 0.4) is 0 Å². The van der Waals surface area contributed by atoms with Gasteiger partial charge in [0.05, 0.1) is 6.04 Å². The Kier molecular flexibility index (Phi) is 3.58. The van der Waals surface area contributed by atoms with E-state index in [-0.39, 0.29) is 6.04 Å². The number of hydrogen-bond donors (Lipinski definition) is 1. The van der Waals surface area contributed by atoms with Gasteiger partial charge in [-0.15, -0.1) is 0 Å². The van der Waals surface area contributed by atoms with E-state index < -0.39 is 0 Å². The second kappa shape index (κ2) is 4.49. The van der Waals surface area contributed by atoms with Crippen LogP contribution in [0.5, 0.6) is 0 Å². The van der Waals surface area contributed by atoms with E-state index in [2.05, 4.69) is 11.9 Å². The first-order chi connectivity index (χ1) is 6.15. The van der Waals surface area contributed by atoms with Gasteiger partial charge in [0.2, 0.25) is 0 Å². The molecule has 1 unspecified atom stereocenters. The highest BCUT2D eigenvalue weighted by Crippen LogP contribution is 2.24. The van der Waals surface area contributed by atoms with E-state index in [1.165, 1.54) is 0 Å². The summed E-state index contributed by atoms with van der Waals surface area (Å²) in [4.78, 5) is 0. The Bertz CT molecular complexity index is 293. The summed E-state index contributed by atoms with van der Waals surface area (Å²) >= 11 is 5.69. The Hall–Kier alpha value is -0.730. The minimum absolute atomic E-state index is 0.0671. The molecule has 3 heteroatoms. The second-order valence-corrected chi connectivity index (χ2v) is 3.35. The van der Waals surface area contributed by atoms with Crippen LogP contribution in [0.25, 0.3) is 0 Å². The van der Waals surface area contributed by atoms with Crippen molar-refractivity contribution in [3.63, 3.8) is 0 Å². The predicted octanol–water partition coefficient (Wildman–Crippen LogP) is 3.16. The van der Waals surface area contributed by atoms with Gasteiger partial charge in [0.1, 0.15) is 5.76 Å². The zero-order valence-electron chi connectivity index (χ0n) is 7.93. The monoisotopic (exact) mass is 199 g/mol. The molecule has 0 fully saturated rings. The van der Waals surface area contributed by atoms with E-state index in [0.29, 0.717) is 5.22 Å². The molecular formula is C10H14ClNO. The van der Waals surface area contributed by atoms with Gasteiger partial charge in [-0.2, -0.15) is 0 Å². The first kappa shape index (κ1) is 10.4. The van der Waals surface area contributed by atoms with Gasteiger partial charge in [0, 0.05) is 0 Å². The third-order valence-corrected chi connectivity index (χ3v) is 1.98. The minimum Gasteiger partial charge on any atom is -0.448 e. The summed E-state index contributed by atoms with van der Waals surface area (Å²) in [6.45, 7) is 8.77. The molecule has 0 aliphatic rings. The lowest BCUT2D eigenvalue weighted by atomic mass is 10.1. The summed E-state index contributed by atoms with van der Waals surface area (Å²) in [5.41, 5.74) is 1.02. The lowest BCUT2D eigenvalue weighted by Gasteiger charge is -2.14. The fourth-order valence-corrected chi connectivity index (χ4v) is 1.36. The van der Waals surface area contributed by atoms with Crippen molar-refractivity contribution in [1.29, 1.82) is 0 Å². The first-order valence-corrected chi connectivity index (χ1v) is 4.67. The topological polar surface area (TPSA) is 25.2 Å². The van der Waals surface area contributed by atoms with Crippen molar-refractivity contribution in [2.75, 3.05) is 6.54 Å². The van der Waals surface area contributed by atoms with Gasteiger partial charge in [-0.05, 0) is 37.2 Å². The van der Waals surface area contributed by atoms with Crippen molar-refractivity contribution in [1.82, 2.24) is 5.32 Å². The van der Waals surface area contributed by atoms with Crippen molar-refractivity contribution >= 4 is 11.6 Å².